The normalized spacial score (nSPS) is 16.9. The van der Waals surface area contributed by atoms with Gasteiger partial charge in [-0.1, -0.05) is 60.7 Å². The number of ether oxygens (including phenoxy) is 3. The van der Waals surface area contributed by atoms with Gasteiger partial charge in [-0.05, 0) is 73.9 Å². The van der Waals surface area contributed by atoms with Gasteiger partial charge in [0.2, 0.25) is 0 Å². The van der Waals surface area contributed by atoms with Gasteiger partial charge in [0.25, 0.3) is 0 Å². The molecule has 1 fully saturated rings. The summed E-state index contributed by atoms with van der Waals surface area (Å²) in [6.07, 6.45) is -2.38. The Balaban J connectivity index is 1.34. The van der Waals surface area contributed by atoms with Crippen LogP contribution in [0.5, 0.6) is 5.75 Å². The minimum Gasteiger partial charge on any atom is -0.493 e. The summed E-state index contributed by atoms with van der Waals surface area (Å²) in [6, 6.07) is 22.5. The first-order chi connectivity index (χ1) is 17.5. The number of hydrogen-bond acceptors (Lipinski definition) is 4. The number of benzene rings is 3. The molecule has 0 saturated carbocycles. The molecule has 2 N–H and O–H groups in total. The van der Waals surface area contributed by atoms with Crippen LogP contribution in [-0.2, 0) is 28.5 Å². The number of aryl methyl sites for hydroxylation is 2. The maximum absolute atomic E-state index is 13.8. The molecule has 1 aliphatic rings. The summed E-state index contributed by atoms with van der Waals surface area (Å²) in [7, 11) is 0. The first-order valence-corrected chi connectivity index (χ1v) is 12.6. The van der Waals surface area contributed by atoms with Gasteiger partial charge in [-0.3, -0.25) is 0 Å². The topological polar surface area (TPSA) is 53.7 Å². The molecule has 0 bridgehead atoms. The Bertz CT molecular complexity index is 1170. The van der Waals surface area contributed by atoms with Crippen LogP contribution in [0.4, 0.5) is 13.2 Å². The van der Waals surface area contributed by atoms with Crippen molar-refractivity contribution in [3.8, 4) is 16.9 Å². The molecule has 3 aromatic carbocycles. The highest BCUT2D eigenvalue weighted by molar-refractivity contribution is 5.63. The van der Waals surface area contributed by atoms with Crippen LogP contribution in [0, 0.1) is 0 Å². The lowest BCUT2D eigenvalue weighted by molar-refractivity contribution is -0.267. The van der Waals surface area contributed by atoms with Crippen LogP contribution in [0.25, 0.3) is 11.1 Å². The van der Waals surface area contributed by atoms with E-state index in [1.165, 1.54) is 6.07 Å². The SMILES string of the molecule is CC1(C)OCC(N)(CCc2ccc(OCCCc3cccc(-c4ccccc4)c3)c(C(F)(F)F)c2)CO1. The Morgan fingerprint density at radius 3 is 2.22 bits per heavy atom. The van der Waals surface area contributed by atoms with Gasteiger partial charge >= 0.3 is 6.18 Å². The van der Waals surface area contributed by atoms with E-state index in [2.05, 4.69) is 18.2 Å². The predicted molar refractivity (Wildman–Crippen MR) is 138 cm³/mol. The first-order valence-electron chi connectivity index (χ1n) is 12.6. The van der Waals surface area contributed by atoms with E-state index in [9.17, 15) is 13.2 Å². The quantitative estimate of drug-likeness (QED) is 0.320. The third-order valence-corrected chi connectivity index (χ3v) is 6.58. The lowest BCUT2D eigenvalue weighted by atomic mass is 9.92. The van der Waals surface area contributed by atoms with Gasteiger partial charge in [0.15, 0.2) is 5.79 Å². The van der Waals surface area contributed by atoms with Crippen molar-refractivity contribution in [3.63, 3.8) is 0 Å². The van der Waals surface area contributed by atoms with Crippen LogP contribution in [-0.4, -0.2) is 31.1 Å². The summed E-state index contributed by atoms with van der Waals surface area (Å²) in [4.78, 5) is 0. The molecule has 3 aromatic rings. The van der Waals surface area contributed by atoms with E-state index < -0.39 is 23.1 Å². The van der Waals surface area contributed by atoms with E-state index in [-0.39, 0.29) is 12.4 Å². The number of hydrogen-bond donors (Lipinski definition) is 1. The Labute approximate surface area is 216 Å². The van der Waals surface area contributed by atoms with Crippen molar-refractivity contribution in [1.29, 1.82) is 0 Å². The van der Waals surface area contributed by atoms with Crippen molar-refractivity contribution in [3.05, 3.63) is 89.5 Å². The third-order valence-electron chi connectivity index (χ3n) is 6.58. The van der Waals surface area contributed by atoms with E-state index >= 15 is 0 Å². The Hall–Kier alpha value is -2.87. The highest BCUT2D eigenvalue weighted by Crippen LogP contribution is 2.37. The molecular weight excluding hydrogens is 479 g/mol. The van der Waals surface area contributed by atoms with E-state index in [0.717, 1.165) is 22.8 Å². The van der Waals surface area contributed by atoms with Gasteiger partial charge < -0.3 is 19.9 Å². The molecule has 1 saturated heterocycles. The van der Waals surface area contributed by atoms with Crippen molar-refractivity contribution < 1.29 is 27.4 Å². The molecular formula is C30H34F3NO3. The fourth-order valence-corrected chi connectivity index (χ4v) is 4.33. The van der Waals surface area contributed by atoms with Crippen LogP contribution in [0.1, 0.15) is 43.4 Å². The molecule has 0 aliphatic carbocycles. The fourth-order valence-electron chi connectivity index (χ4n) is 4.33. The maximum Gasteiger partial charge on any atom is 0.419 e. The molecule has 1 aliphatic heterocycles. The van der Waals surface area contributed by atoms with E-state index in [4.69, 9.17) is 19.9 Å². The van der Waals surface area contributed by atoms with Crippen molar-refractivity contribution in [2.45, 2.75) is 57.0 Å². The lowest BCUT2D eigenvalue weighted by Gasteiger charge is -2.41. The number of rotatable bonds is 9. The van der Waals surface area contributed by atoms with Crippen molar-refractivity contribution >= 4 is 0 Å². The molecule has 0 amide bonds. The van der Waals surface area contributed by atoms with Gasteiger partial charge in [-0.2, -0.15) is 13.2 Å². The minimum atomic E-state index is -4.52. The molecule has 0 radical (unpaired) electrons. The predicted octanol–water partition coefficient (Wildman–Crippen LogP) is 6.80. The van der Waals surface area contributed by atoms with Crippen molar-refractivity contribution in [2.75, 3.05) is 19.8 Å². The second kappa shape index (κ2) is 11.3. The smallest absolute Gasteiger partial charge is 0.419 e. The van der Waals surface area contributed by atoms with Gasteiger partial charge in [0, 0.05) is 0 Å². The zero-order valence-corrected chi connectivity index (χ0v) is 21.3. The second-order valence-corrected chi connectivity index (χ2v) is 10.2. The zero-order chi connectivity index (χ0) is 26.5. The van der Waals surface area contributed by atoms with Gasteiger partial charge in [0.05, 0.1) is 30.9 Å². The molecule has 1 heterocycles. The van der Waals surface area contributed by atoms with Gasteiger partial charge in [0.1, 0.15) is 5.75 Å². The highest BCUT2D eigenvalue weighted by atomic mass is 19.4. The van der Waals surface area contributed by atoms with Crippen LogP contribution < -0.4 is 10.5 Å². The average molecular weight is 514 g/mol. The van der Waals surface area contributed by atoms with Crippen LogP contribution in [0.2, 0.25) is 0 Å². The molecule has 4 rings (SSSR count). The largest absolute Gasteiger partial charge is 0.493 e. The number of alkyl halides is 3. The lowest BCUT2D eigenvalue weighted by Crippen LogP contribution is -2.57. The van der Waals surface area contributed by atoms with Crippen LogP contribution in [0.3, 0.4) is 0 Å². The Kier molecular flexibility index (Phi) is 8.26. The molecule has 0 spiro atoms. The third kappa shape index (κ3) is 7.57. The molecule has 0 unspecified atom stereocenters. The molecule has 7 heteroatoms. The maximum atomic E-state index is 13.8. The molecule has 0 atom stereocenters. The Morgan fingerprint density at radius 1 is 0.838 bits per heavy atom. The van der Waals surface area contributed by atoms with Gasteiger partial charge in [-0.15, -0.1) is 0 Å². The zero-order valence-electron chi connectivity index (χ0n) is 21.3. The van der Waals surface area contributed by atoms with Gasteiger partial charge in [-0.25, -0.2) is 0 Å². The van der Waals surface area contributed by atoms with E-state index in [1.807, 2.05) is 50.2 Å². The summed E-state index contributed by atoms with van der Waals surface area (Å²) in [5.41, 5.74) is 8.76. The van der Waals surface area contributed by atoms with Crippen molar-refractivity contribution in [1.82, 2.24) is 0 Å². The summed E-state index contributed by atoms with van der Waals surface area (Å²) in [5.74, 6) is -0.849. The molecule has 37 heavy (non-hydrogen) atoms. The second-order valence-electron chi connectivity index (χ2n) is 10.2. The highest BCUT2D eigenvalue weighted by Gasteiger charge is 2.38. The first kappa shape index (κ1) is 27.2. The molecule has 0 aromatic heterocycles. The van der Waals surface area contributed by atoms with Crippen LogP contribution in [0.15, 0.2) is 72.8 Å². The standard InChI is InChI=1S/C30H34F3NO3/c1-28(2)36-20-29(34,21-37-28)16-15-23-13-14-27(26(19-23)30(31,32)33)35-17-7-9-22-8-6-12-25(18-22)24-10-4-3-5-11-24/h3-6,8,10-14,18-19H,7,9,15-17,20-21,34H2,1-2H3. The fraction of sp³-hybridized carbons (Fsp3) is 0.400. The molecule has 4 nitrogen and oxygen atoms in total. The summed E-state index contributed by atoms with van der Waals surface area (Å²) >= 11 is 0. The van der Waals surface area contributed by atoms with Crippen LogP contribution >= 0.6 is 0 Å². The minimum absolute atomic E-state index is 0.150. The molecule has 198 valence electrons. The number of nitrogens with two attached hydrogens (primary N) is 1. The summed E-state index contributed by atoms with van der Waals surface area (Å²) < 4.78 is 58.3. The summed E-state index contributed by atoms with van der Waals surface area (Å²) in [5, 5.41) is 0. The average Bonchev–Trinajstić information content (AvgIpc) is 2.88. The monoisotopic (exact) mass is 513 g/mol. The number of halogens is 3. The Morgan fingerprint density at radius 2 is 1.51 bits per heavy atom. The van der Waals surface area contributed by atoms with E-state index in [0.29, 0.717) is 44.5 Å². The summed E-state index contributed by atoms with van der Waals surface area (Å²) in [6.45, 7) is 4.39. The van der Waals surface area contributed by atoms with E-state index in [1.54, 1.807) is 6.07 Å². The van der Waals surface area contributed by atoms with Crippen molar-refractivity contribution in [2.24, 2.45) is 5.73 Å².